The van der Waals surface area contributed by atoms with Crippen molar-refractivity contribution in [1.82, 2.24) is 5.32 Å². The summed E-state index contributed by atoms with van der Waals surface area (Å²) in [5.41, 5.74) is 0.913. The van der Waals surface area contributed by atoms with E-state index >= 15 is 0 Å². The molecular formula is C16H18N2O3S. The van der Waals surface area contributed by atoms with Crippen LogP contribution in [0, 0.1) is 0 Å². The fourth-order valence-electron chi connectivity index (χ4n) is 1.85. The highest BCUT2D eigenvalue weighted by Gasteiger charge is 2.15. The van der Waals surface area contributed by atoms with E-state index < -0.39 is 10.0 Å². The van der Waals surface area contributed by atoms with Crippen molar-refractivity contribution in [1.29, 1.82) is 0 Å². The predicted molar refractivity (Wildman–Crippen MR) is 86.3 cm³/mol. The first kappa shape index (κ1) is 16.0. The zero-order valence-corrected chi connectivity index (χ0v) is 13.2. The molecule has 0 bridgehead atoms. The van der Waals surface area contributed by atoms with Crippen molar-refractivity contribution in [2.75, 3.05) is 4.72 Å². The van der Waals surface area contributed by atoms with Gasteiger partial charge in [-0.3, -0.25) is 9.52 Å². The smallest absolute Gasteiger partial charge is 0.261 e. The molecule has 0 unspecified atom stereocenters. The molecule has 0 radical (unpaired) electrons. The van der Waals surface area contributed by atoms with Crippen LogP contribution >= 0.6 is 0 Å². The lowest BCUT2D eigenvalue weighted by Gasteiger charge is -2.10. The van der Waals surface area contributed by atoms with Crippen LogP contribution in [0.15, 0.2) is 59.5 Å². The zero-order valence-electron chi connectivity index (χ0n) is 12.4. The molecule has 2 rings (SSSR count). The van der Waals surface area contributed by atoms with Gasteiger partial charge in [-0.15, -0.1) is 0 Å². The van der Waals surface area contributed by atoms with E-state index in [0.29, 0.717) is 11.3 Å². The topological polar surface area (TPSA) is 75.3 Å². The molecule has 0 aliphatic heterocycles. The maximum Gasteiger partial charge on any atom is 0.261 e. The number of carbonyl (C=O) groups excluding carboxylic acids is 1. The Morgan fingerprint density at radius 3 is 2.09 bits per heavy atom. The molecule has 0 aliphatic carbocycles. The Labute approximate surface area is 130 Å². The molecule has 0 aromatic heterocycles. The number of anilines is 1. The van der Waals surface area contributed by atoms with Crippen LogP contribution in [0.3, 0.4) is 0 Å². The van der Waals surface area contributed by atoms with Gasteiger partial charge < -0.3 is 5.32 Å². The number of hydrogen-bond donors (Lipinski definition) is 2. The summed E-state index contributed by atoms with van der Waals surface area (Å²) in [5, 5.41) is 2.75. The zero-order chi connectivity index (χ0) is 16.2. The molecule has 2 N–H and O–H groups in total. The second-order valence-corrected chi connectivity index (χ2v) is 6.81. The monoisotopic (exact) mass is 318 g/mol. The number of para-hydroxylation sites is 1. The van der Waals surface area contributed by atoms with Crippen LogP contribution in [0.5, 0.6) is 0 Å². The Balaban J connectivity index is 2.17. The first-order chi connectivity index (χ1) is 10.4. The second-order valence-electron chi connectivity index (χ2n) is 5.12. The van der Waals surface area contributed by atoms with E-state index in [2.05, 4.69) is 10.0 Å². The van der Waals surface area contributed by atoms with Crippen LogP contribution in [-0.4, -0.2) is 20.4 Å². The fraction of sp³-hybridized carbons (Fsp3) is 0.188. The highest BCUT2D eigenvalue weighted by Crippen LogP contribution is 2.16. The molecule has 0 atom stereocenters. The average molecular weight is 318 g/mol. The molecular weight excluding hydrogens is 300 g/mol. The molecule has 2 aromatic rings. The Hall–Kier alpha value is -2.34. The first-order valence-electron chi connectivity index (χ1n) is 6.87. The van der Waals surface area contributed by atoms with Crippen molar-refractivity contribution >= 4 is 21.6 Å². The summed E-state index contributed by atoms with van der Waals surface area (Å²) in [7, 11) is -3.66. The number of hydrogen-bond acceptors (Lipinski definition) is 3. The summed E-state index contributed by atoms with van der Waals surface area (Å²) in [6.45, 7) is 3.72. The number of amides is 1. The molecule has 0 heterocycles. The second kappa shape index (κ2) is 6.62. The Morgan fingerprint density at radius 2 is 1.55 bits per heavy atom. The van der Waals surface area contributed by atoms with Crippen LogP contribution in [0.25, 0.3) is 0 Å². The Morgan fingerprint density at radius 1 is 0.955 bits per heavy atom. The third-order valence-corrected chi connectivity index (χ3v) is 4.27. The minimum atomic E-state index is -3.66. The predicted octanol–water partition coefficient (Wildman–Crippen LogP) is 2.63. The number of nitrogens with one attached hydrogen (secondary N) is 2. The average Bonchev–Trinajstić information content (AvgIpc) is 2.47. The van der Waals surface area contributed by atoms with Gasteiger partial charge in [0.05, 0.1) is 4.90 Å². The summed E-state index contributed by atoms with van der Waals surface area (Å²) in [6.07, 6.45) is 0. The van der Waals surface area contributed by atoms with E-state index in [9.17, 15) is 13.2 Å². The van der Waals surface area contributed by atoms with E-state index in [1.165, 1.54) is 24.3 Å². The first-order valence-corrected chi connectivity index (χ1v) is 8.35. The summed E-state index contributed by atoms with van der Waals surface area (Å²) in [6, 6.07) is 14.5. The van der Waals surface area contributed by atoms with Crippen LogP contribution in [0.4, 0.5) is 5.69 Å². The van der Waals surface area contributed by atoms with Gasteiger partial charge in [-0.2, -0.15) is 0 Å². The van der Waals surface area contributed by atoms with Gasteiger partial charge in [0, 0.05) is 17.3 Å². The minimum absolute atomic E-state index is 0.0238. The van der Waals surface area contributed by atoms with Crippen molar-refractivity contribution in [3.63, 3.8) is 0 Å². The largest absolute Gasteiger partial charge is 0.350 e. The molecule has 0 fully saturated rings. The maximum atomic E-state index is 12.2. The van der Waals surface area contributed by atoms with Crippen molar-refractivity contribution in [3.05, 3.63) is 60.2 Å². The van der Waals surface area contributed by atoms with Gasteiger partial charge in [0.2, 0.25) is 0 Å². The van der Waals surface area contributed by atoms with Crippen molar-refractivity contribution < 1.29 is 13.2 Å². The van der Waals surface area contributed by atoms with E-state index in [1.807, 2.05) is 13.8 Å². The number of benzene rings is 2. The molecule has 116 valence electrons. The molecule has 2 aromatic carbocycles. The quantitative estimate of drug-likeness (QED) is 0.890. The maximum absolute atomic E-state index is 12.2. The lowest BCUT2D eigenvalue weighted by atomic mass is 10.2. The SMILES string of the molecule is CC(C)NC(=O)c1ccc(S(=O)(=O)Nc2ccccc2)cc1. The van der Waals surface area contributed by atoms with Crippen LogP contribution < -0.4 is 10.0 Å². The molecule has 0 spiro atoms. The van der Waals surface area contributed by atoms with Crippen molar-refractivity contribution in [2.45, 2.75) is 24.8 Å². The van der Waals surface area contributed by atoms with Crippen molar-refractivity contribution in [3.8, 4) is 0 Å². The number of carbonyl (C=O) groups is 1. The van der Waals surface area contributed by atoms with E-state index in [4.69, 9.17) is 0 Å². The summed E-state index contributed by atoms with van der Waals surface area (Å²) in [5.74, 6) is -0.227. The molecule has 0 saturated carbocycles. The molecule has 0 aliphatic rings. The fourth-order valence-corrected chi connectivity index (χ4v) is 2.91. The highest BCUT2D eigenvalue weighted by atomic mass is 32.2. The van der Waals surface area contributed by atoms with E-state index in [-0.39, 0.29) is 16.8 Å². The standard InChI is InChI=1S/C16H18N2O3S/c1-12(2)17-16(19)13-8-10-15(11-9-13)22(20,21)18-14-6-4-3-5-7-14/h3-12,18H,1-2H3,(H,17,19). The minimum Gasteiger partial charge on any atom is -0.350 e. The number of rotatable bonds is 5. The van der Waals surface area contributed by atoms with Crippen molar-refractivity contribution in [2.24, 2.45) is 0 Å². The Kier molecular flexibility index (Phi) is 4.82. The van der Waals surface area contributed by atoms with Gasteiger partial charge in [-0.25, -0.2) is 8.42 Å². The molecule has 5 nitrogen and oxygen atoms in total. The molecule has 0 saturated heterocycles. The van der Waals surface area contributed by atoms with E-state index in [1.54, 1.807) is 30.3 Å². The van der Waals surface area contributed by atoms with Crippen LogP contribution in [0.2, 0.25) is 0 Å². The molecule has 22 heavy (non-hydrogen) atoms. The van der Waals surface area contributed by atoms with Gasteiger partial charge in [-0.1, -0.05) is 18.2 Å². The summed E-state index contributed by atoms with van der Waals surface area (Å²) >= 11 is 0. The normalized spacial score (nSPS) is 11.2. The van der Waals surface area contributed by atoms with Crippen LogP contribution in [0.1, 0.15) is 24.2 Å². The van der Waals surface area contributed by atoms with Gasteiger partial charge >= 0.3 is 0 Å². The van der Waals surface area contributed by atoms with Gasteiger partial charge in [0.1, 0.15) is 0 Å². The number of sulfonamides is 1. The lowest BCUT2D eigenvalue weighted by Crippen LogP contribution is -2.30. The van der Waals surface area contributed by atoms with Crippen LogP contribution in [-0.2, 0) is 10.0 Å². The highest BCUT2D eigenvalue weighted by molar-refractivity contribution is 7.92. The van der Waals surface area contributed by atoms with Gasteiger partial charge in [0.15, 0.2) is 0 Å². The third-order valence-electron chi connectivity index (χ3n) is 2.87. The Bertz CT molecular complexity index is 739. The molecule has 1 amide bonds. The van der Waals surface area contributed by atoms with Gasteiger partial charge in [0.25, 0.3) is 15.9 Å². The molecule has 6 heteroatoms. The summed E-state index contributed by atoms with van der Waals surface area (Å²) < 4.78 is 27.0. The summed E-state index contributed by atoms with van der Waals surface area (Å²) in [4.78, 5) is 11.9. The third kappa shape index (κ3) is 4.08. The lowest BCUT2D eigenvalue weighted by molar-refractivity contribution is 0.0943. The van der Waals surface area contributed by atoms with E-state index in [0.717, 1.165) is 0 Å². The van der Waals surface area contributed by atoms with Gasteiger partial charge in [-0.05, 0) is 50.2 Å².